The SMILES string of the molecule is CSc1ccc([C@H]2C3=C(C[C@H](c4ccccc4)CC3=O)Nc3onc(C)c32)cc1. The van der Waals surface area contributed by atoms with Crippen molar-refractivity contribution in [3.05, 3.63) is 88.3 Å². The van der Waals surface area contributed by atoms with Crippen LogP contribution in [0.2, 0.25) is 0 Å². The molecule has 2 aromatic carbocycles. The van der Waals surface area contributed by atoms with Crippen LogP contribution < -0.4 is 5.32 Å². The second-order valence-corrected chi connectivity index (χ2v) is 8.55. The topological polar surface area (TPSA) is 55.1 Å². The molecule has 1 aliphatic heterocycles. The van der Waals surface area contributed by atoms with E-state index in [9.17, 15) is 4.79 Å². The van der Waals surface area contributed by atoms with E-state index in [-0.39, 0.29) is 17.6 Å². The number of anilines is 1. The molecule has 0 amide bonds. The summed E-state index contributed by atoms with van der Waals surface area (Å²) in [5, 5.41) is 7.59. The predicted octanol–water partition coefficient (Wildman–Crippen LogP) is 5.66. The van der Waals surface area contributed by atoms with Crippen molar-refractivity contribution in [2.75, 3.05) is 11.6 Å². The lowest BCUT2D eigenvalue weighted by Crippen LogP contribution is -2.29. The minimum atomic E-state index is -0.132. The van der Waals surface area contributed by atoms with Crippen LogP contribution in [0.25, 0.3) is 0 Å². The summed E-state index contributed by atoms with van der Waals surface area (Å²) >= 11 is 1.71. The molecule has 3 aromatic rings. The average molecular weight is 403 g/mol. The molecule has 0 spiro atoms. The van der Waals surface area contributed by atoms with E-state index in [4.69, 9.17) is 4.52 Å². The molecule has 0 bridgehead atoms. The number of Topliss-reactive ketones (excluding diaryl/α,β-unsaturated/α-hetero) is 1. The molecule has 0 saturated heterocycles. The maximum absolute atomic E-state index is 13.4. The summed E-state index contributed by atoms with van der Waals surface area (Å²) in [5.74, 6) is 0.923. The molecule has 1 N–H and O–H groups in total. The average Bonchev–Trinajstić information content (AvgIpc) is 3.13. The first-order valence-corrected chi connectivity index (χ1v) is 11.1. The van der Waals surface area contributed by atoms with E-state index in [1.165, 1.54) is 10.5 Å². The van der Waals surface area contributed by atoms with Gasteiger partial charge in [0.05, 0.1) is 11.3 Å². The van der Waals surface area contributed by atoms with Crippen molar-refractivity contribution in [1.82, 2.24) is 5.16 Å². The van der Waals surface area contributed by atoms with E-state index in [1.54, 1.807) is 11.8 Å². The monoisotopic (exact) mass is 402 g/mol. The Hall–Kier alpha value is -2.79. The Bertz CT molecular complexity index is 1100. The van der Waals surface area contributed by atoms with E-state index >= 15 is 0 Å². The zero-order chi connectivity index (χ0) is 20.0. The summed E-state index contributed by atoms with van der Waals surface area (Å²) < 4.78 is 5.60. The van der Waals surface area contributed by atoms with Crippen molar-refractivity contribution in [2.24, 2.45) is 0 Å². The Morgan fingerprint density at radius 2 is 1.79 bits per heavy atom. The molecule has 146 valence electrons. The molecule has 2 heterocycles. The number of allylic oxidation sites excluding steroid dienone is 2. The van der Waals surface area contributed by atoms with Gasteiger partial charge in [0.1, 0.15) is 0 Å². The summed E-state index contributed by atoms with van der Waals surface area (Å²) in [7, 11) is 0. The van der Waals surface area contributed by atoms with Gasteiger partial charge in [-0.1, -0.05) is 47.6 Å². The third-order valence-corrected chi connectivity index (χ3v) is 6.72. The standard InChI is InChI=1S/C24H22N2O2S/c1-14-21-22(16-8-10-18(29-2)11-9-16)23-19(25-24(21)28-26-14)12-17(13-20(23)27)15-6-4-3-5-7-15/h3-11,17,22,25H,12-13H2,1-2H3/t17-,22+/m0/s1. The highest BCUT2D eigenvalue weighted by molar-refractivity contribution is 7.98. The zero-order valence-corrected chi connectivity index (χ0v) is 17.3. The van der Waals surface area contributed by atoms with Crippen LogP contribution in [0.3, 0.4) is 0 Å². The molecule has 0 saturated carbocycles. The quantitative estimate of drug-likeness (QED) is 0.573. The highest BCUT2D eigenvalue weighted by Gasteiger charge is 2.41. The molecule has 4 nitrogen and oxygen atoms in total. The van der Waals surface area contributed by atoms with Crippen molar-refractivity contribution < 1.29 is 9.32 Å². The van der Waals surface area contributed by atoms with Crippen LogP contribution in [0.5, 0.6) is 0 Å². The van der Waals surface area contributed by atoms with Crippen LogP contribution >= 0.6 is 11.8 Å². The van der Waals surface area contributed by atoms with Crippen LogP contribution in [0.1, 0.15) is 47.1 Å². The first-order valence-electron chi connectivity index (χ1n) is 9.84. The van der Waals surface area contributed by atoms with Gasteiger partial charge in [-0.15, -0.1) is 11.8 Å². The molecule has 1 aliphatic carbocycles. The number of rotatable bonds is 3. The fourth-order valence-corrected chi connectivity index (χ4v) is 4.97. The lowest BCUT2D eigenvalue weighted by Gasteiger charge is -2.34. The molecule has 0 fully saturated rings. The number of fused-ring (bicyclic) bond motifs is 1. The molecular weight excluding hydrogens is 380 g/mol. The summed E-state index contributed by atoms with van der Waals surface area (Å²) in [6.45, 7) is 1.94. The van der Waals surface area contributed by atoms with E-state index in [0.717, 1.165) is 34.5 Å². The Balaban J connectivity index is 1.61. The molecule has 2 atom stereocenters. The maximum Gasteiger partial charge on any atom is 0.233 e. The van der Waals surface area contributed by atoms with Gasteiger partial charge in [-0.3, -0.25) is 4.79 Å². The Labute approximate surface area is 174 Å². The lowest BCUT2D eigenvalue weighted by atomic mass is 9.72. The van der Waals surface area contributed by atoms with Crippen molar-refractivity contribution in [3.8, 4) is 0 Å². The number of thioether (sulfide) groups is 1. The van der Waals surface area contributed by atoms with Crippen molar-refractivity contribution >= 4 is 23.4 Å². The largest absolute Gasteiger partial charge is 0.338 e. The maximum atomic E-state index is 13.4. The molecule has 5 heteroatoms. The van der Waals surface area contributed by atoms with Gasteiger partial charge in [0.15, 0.2) is 5.78 Å². The highest BCUT2D eigenvalue weighted by atomic mass is 32.2. The Kier molecular flexibility index (Phi) is 4.55. The molecule has 0 radical (unpaired) electrons. The van der Waals surface area contributed by atoms with Crippen molar-refractivity contribution in [3.63, 3.8) is 0 Å². The fourth-order valence-electron chi connectivity index (χ4n) is 4.56. The van der Waals surface area contributed by atoms with Crippen LogP contribution in [-0.4, -0.2) is 17.2 Å². The van der Waals surface area contributed by atoms with E-state index < -0.39 is 0 Å². The zero-order valence-electron chi connectivity index (χ0n) is 16.4. The molecule has 5 rings (SSSR count). The normalized spacial score (nSPS) is 20.8. The van der Waals surface area contributed by atoms with Gasteiger partial charge < -0.3 is 9.84 Å². The van der Waals surface area contributed by atoms with Crippen molar-refractivity contribution in [1.29, 1.82) is 0 Å². The van der Waals surface area contributed by atoms with Crippen LogP contribution in [-0.2, 0) is 4.79 Å². The number of nitrogens with zero attached hydrogens (tertiary/aromatic N) is 1. The van der Waals surface area contributed by atoms with Gasteiger partial charge in [-0.2, -0.15) is 0 Å². The van der Waals surface area contributed by atoms with Gasteiger partial charge in [0.2, 0.25) is 5.88 Å². The van der Waals surface area contributed by atoms with Gasteiger partial charge in [-0.25, -0.2) is 0 Å². The van der Waals surface area contributed by atoms with E-state index in [0.29, 0.717) is 12.3 Å². The number of carbonyl (C=O) groups excluding carboxylic acids is 1. The number of hydrogen-bond acceptors (Lipinski definition) is 5. The fraction of sp³-hybridized carbons (Fsp3) is 0.250. The first-order chi connectivity index (χ1) is 14.2. The second-order valence-electron chi connectivity index (χ2n) is 7.67. The number of carbonyl (C=O) groups is 1. The molecule has 0 unspecified atom stereocenters. The predicted molar refractivity (Wildman–Crippen MR) is 115 cm³/mol. The van der Waals surface area contributed by atoms with Gasteiger partial charge in [-0.05, 0) is 48.8 Å². The Morgan fingerprint density at radius 3 is 2.52 bits per heavy atom. The molecule has 29 heavy (non-hydrogen) atoms. The van der Waals surface area contributed by atoms with Crippen molar-refractivity contribution in [2.45, 2.75) is 36.5 Å². The van der Waals surface area contributed by atoms with Crippen LogP contribution in [0, 0.1) is 6.92 Å². The summed E-state index contributed by atoms with van der Waals surface area (Å²) in [6, 6.07) is 18.8. The summed E-state index contributed by atoms with van der Waals surface area (Å²) in [6.07, 6.45) is 3.39. The number of aryl methyl sites for hydroxylation is 1. The highest BCUT2D eigenvalue weighted by Crippen LogP contribution is 2.49. The van der Waals surface area contributed by atoms with Gasteiger partial charge in [0, 0.05) is 28.5 Å². The number of ketones is 1. The van der Waals surface area contributed by atoms with Gasteiger partial charge >= 0.3 is 0 Å². The third-order valence-electron chi connectivity index (χ3n) is 5.98. The number of aromatic nitrogens is 1. The van der Waals surface area contributed by atoms with E-state index in [1.807, 2.05) is 25.1 Å². The minimum Gasteiger partial charge on any atom is -0.338 e. The third kappa shape index (κ3) is 3.10. The van der Waals surface area contributed by atoms with Gasteiger partial charge in [0.25, 0.3) is 0 Å². The molecule has 2 aliphatic rings. The van der Waals surface area contributed by atoms with Crippen LogP contribution in [0.4, 0.5) is 5.88 Å². The molecule has 1 aromatic heterocycles. The summed E-state index contributed by atoms with van der Waals surface area (Å²) in [5.41, 5.74) is 5.96. The second kappa shape index (κ2) is 7.23. The summed E-state index contributed by atoms with van der Waals surface area (Å²) in [4.78, 5) is 14.6. The number of nitrogens with one attached hydrogen (secondary N) is 1. The minimum absolute atomic E-state index is 0.132. The smallest absolute Gasteiger partial charge is 0.233 e. The lowest BCUT2D eigenvalue weighted by molar-refractivity contribution is -0.116. The van der Waals surface area contributed by atoms with Crippen LogP contribution in [0.15, 0.2) is 75.3 Å². The first kappa shape index (κ1) is 18.3. The molecular formula is C24H22N2O2S. The Morgan fingerprint density at radius 1 is 1.03 bits per heavy atom. The number of hydrogen-bond donors (Lipinski definition) is 1. The number of benzene rings is 2. The van der Waals surface area contributed by atoms with E-state index in [2.05, 4.69) is 53.1 Å².